The molecule has 0 spiro atoms. The van der Waals surface area contributed by atoms with E-state index in [-0.39, 0.29) is 30.7 Å². The molecule has 0 saturated carbocycles. The van der Waals surface area contributed by atoms with E-state index in [4.69, 9.17) is 4.74 Å². The van der Waals surface area contributed by atoms with Crippen LogP contribution < -0.4 is 0 Å². The zero-order valence-corrected chi connectivity index (χ0v) is 18.2. The van der Waals surface area contributed by atoms with Crippen molar-refractivity contribution in [3.63, 3.8) is 0 Å². The Morgan fingerprint density at radius 3 is 2.55 bits per heavy atom. The van der Waals surface area contributed by atoms with Gasteiger partial charge in [0.05, 0.1) is 5.01 Å². The number of thiazole rings is 1. The number of aromatic nitrogens is 4. The fourth-order valence-corrected chi connectivity index (χ4v) is 4.45. The number of piperidine rings is 1. The number of likely N-dealkylation sites (tertiary alicyclic amines) is 1. The smallest absolute Gasteiger partial charge is 0.435 e. The zero-order chi connectivity index (χ0) is 23.4. The Labute approximate surface area is 191 Å². The second kappa shape index (κ2) is 9.69. The normalized spacial score (nSPS) is 14.9. The average Bonchev–Trinajstić information content (AvgIpc) is 3.48. The van der Waals surface area contributed by atoms with E-state index in [1.807, 2.05) is 0 Å². The fraction of sp³-hybridized carbons (Fsp3) is 0.381. The van der Waals surface area contributed by atoms with E-state index in [1.165, 1.54) is 11.3 Å². The first-order valence-corrected chi connectivity index (χ1v) is 11.1. The molecular formula is C21H20F3N5O3S. The molecule has 12 heteroatoms. The summed E-state index contributed by atoms with van der Waals surface area (Å²) in [6.07, 6.45) is 1.16. The van der Waals surface area contributed by atoms with Crippen molar-refractivity contribution in [2.24, 2.45) is 0 Å². The molecule has 1 fully saturated rings. The minimum atomic E-state index is -4.54. The number of carbonyl (C=O) groups excluding carboxylic acids is 2. The van der Waals surface area contributed by atoms with Crippen molar-refractivity contribution in [3.8, 4) is 0 Å². The number of halogens is 3. The number of hydrogen-bond acceptors (Lipinski definition) is 7. The summed E-state index contributed by atoms with van der Waals surface area (Å²) in [5, 5.41) is 5.89. The molecule has 174 valence electrons. The number of rotatable bonds is 6. The average molecular weight is 479 g/mol. The Morgan fingerprint density at radius 1 is 1.15 bits per heavy atom. The van der Waals surface area contributed by atoms with Crippen molar-refractivity contribution >= 4 is 23.2 Å². The van der Waals surface area contributed by atoms with Crippen molar-refractivity contribution in [3.05, 3.63) is 64.1 Å². The van der Waals surface area contributed by atoms with Gasteiger partial charge in [0.25, 0.3) is 0 Å². The Kier molecular flexibility index (Phi) is 6.72. The highest BCUT2D eigenvalue weighted by atomic mass is 32.1. The lowest BCUT2D eigenvalue weighted by Gasteiger charge is -2.31. The maximum atomic E-state index is 12.7. The number of carbonyl (C=O) groups is 2. The van der Waals surface area contributed by atoms with Crippen LogP contribution in [-0.2, 0) is 28.9 Å². The van der Waals surface area contributed by atoms with E-state index in [0.29, 0.717) is 25.9 Å². The van der Waals surface area contributed by atoms with Crippen LogP contribution in [0.4, 0.5) is 13.2 Å². The number of hydrogen-bond donors (Lipinski definition) is 0. The van der Waals surface area contributed by atoms with Crippen molar-refractivity contribution < 1.29 is 27.5 Å². The molecule has 3 aromatic rings. The van der Waals surface area contributed by atoms with Crippen molar-refractivity contribution in [2.45, 2.75) is 38.1 Å². The summed E-state index contributed by atoms with van der Waals surface area (Å²) in [6.45, 7) is 0.803. The van der Waals surface area contributed by atoms with Gasteiger partial charge >= 0.3 is 12.1 Å². The Morgan fingerprint density at radius 2 is 1.88 bits per heavy atom. The fourth-order valence-electron chi connectivity index (χ4n) is 3.49. The first-order valence-electron chi connectivity index (χ1n) is 10.2. The van der Waals surface area contributed by atoms with Gasteiger partial charge in [0.2, 0.25) is 5.91 Å². The lowest BCUT2D eigenvalue weighted by Crippen LogP contribution is -2.39. The maximum absolute atomic E-state index is 12.7. The van der Waals surface area contributed by atoms with Crippen molar-refractivity contribution in [2.75, 3.05) is 13.1 Å². The van der Waals surface area contributed by atoms with Gasteiger partial charge in [0, 0.05) is 43.0 Å². The van der Waals surface area contributed by atoms with Crippen LogP contribution in [0.1, 0.15) is 45.5 Å². The molecule has 8 nitrogen and oxygen atoms in total. The molecule has 0 bridgehead atoms. The Balaban J connectivity index is 1.26. The molecule has 0 aliphatic carbocycles. The number of pyridine rings is 1. The summed E-state index contributed by atoms with van der Waals surface area (Å²) in [5.41, 5.74) is 0.0604. The molecule has 1 aliphatic rings. The molecule has 1 aliphatic heterocycles. The van der Waals surface area contributed by atoms with E-state index >= 15 is 0 Å². The van der Waals surface area contributed by atoms with Gasteiger partial charge in [-0.1, -0.05) is 0 Å². The van der Waals surface area contributed by atoms with Gasteiger partial charge in [-0.3, -0.25) is 14.5 Å². The summed E-state index contributed by atoms with van der Waals surface area (Å²) in [7, 11) is 0. The first-order chi connectivity index (χ1) is 15.8. The largest absolute Gasteiger partial charge is 0.456 e. The van der Waals surface area contributed by atoms with Gasteiger partial charge in [-0.15, -0.1) is 11.3 Å². The van der Waals surface area contributed by atoms with Gasteiger partial charge in [0.15, 0.2) is 11.4 Å². The molecule has 33 heavy (non-hydrogen) atoms. The molecule has 1 amide bonds. The number of amides is 1. The SMILES string of the molecule is O=C(OCc1ccncc1)c1csc(C2CCN(C(=O)Cn3ccc(C(F)(F)F)n3)CC2)n1. The standard InChI is InChI=1S/C21H20F3N5O3S/c22-21(23,24)17-5-10-29(27-17)11-18(30)28-8-3-15(4-9-28)19-26-16(13-33-19)20(31)32-12-14-1-6-25-7-2-14/h1-2,5-7,10,13,15H,3-4,8-9,11-12H2. The highest BCUT2D eigenvalue weighted by Gasteiger charge is 2.34. The van der Waals surface area contributed by atoms with Gasteiger partial charge in [-0.05, 0) is 36.6 Å². The van der Waals surface area contributed by atoms with E-state index in [0.717, 1.165) is 27.5 Å². The van der Waals surface area contributed by atoms with Crippen LogP contribution in [0.2, 0.25) is 0 Å². The predicted molar refractivity (Wildman–Crippen MR) is 111 cm³/mol. The lowest BCUT2D eigenvalue weighted by atomic mass is 9.97. The molecular weight excluding hydrogens is 459 g/mol. The Hall–Kier alpha value is -3.28. The second-order valence-corrected chi connectivity index (χ2v) is 8.44. The van der Waals surface area contributed by atoms with Crippen LogP contribution >= 0.6 is 11.3 Å². The van der Waals surface area contributed by atoms with E-state index in [9.17, 15) is 22.8 Å². The van der Waals surface area contributed by atoms with Crippen molar-refractivity contribution in [1.82, 2.24) is 24.6 Å². The second-order valence-electron chi connectivity index (χ2n) is 7.55. The third-order valence-electron chi connectivity index (χ3n) is 5.28. The Bertz CT molecular complexity index is 1110. The van der Waals surface area contributed by atoms with Crippen LogP contribution in [0.15, 0.2) is 42.2 Å². The monoisotopic (exact) mass is 479 g/mol. The van der Waals surface area contributed by atoms with E-state index in [1.54, 1.807) is 34.8 Å². The minimum absolute atomic E-state index is 0.0994. The summed E-state index contributed by atoms with van der Waals surface area (Å²) in [5.74, 6) is -0.688. The van der Waals surface area contributed by atoms with Crippen LogP contribution in [0.5, 0.6) is 0 Å². The van der Waals surface area contributed by atoms with Crippen molar-refractivity contribution in [1.29, 1.82) is 0 Å². The lowest BCUT2D eigenvalue weighted by molar-refractivity contribution is -0.142. The topological polar surface area (TPSA) is 90.2 Å². The number of esters is 1. The molecule has 0 aromatic carbocycles. The van der Waals surface area contributed by atoms with Crippen LogP contribution in [0.3, 0.4) is 0 Å². The molecule has 1 saturated heterocycles. The third-order valence-corrected chi connectivity index (χ3v) is 6.28. The minimum Gasteiger partial charge on any atom is -0.456 e. The summed E-state index contributed by atoms with van der Waals surface area (Å²) in [4.78, 5) is 34.7. The number of alkyl halides is 3. The van der Waals surface area contributed by atoms with Gasteiger partial charge in [-0.2, -0.15) is 18.3 Å². The molecule has 3 aromatic heterocycles. The van der Waals surface area contributed by atoms with Gasteiger partial charge < -0.3 is 9.64 Å². The summed E-state index contributed by atoms with van der Waals surface area (Å²) < 4.78 is 44.3. The van der Waals surface area contributed by atoms with Crippen LogP contribution in [0, 0.1) is 0 Å². The quantitative estimate of drug-likeness (QED) is 0.503. The number of nitrogens with zero attached hydrogens (tertiary/aromatic N) is 5. The van der Waals surface area contributed by atoms with Crippen LogP contribution in [0.25, 0.3) is 0 Å². The van der Waals surface area contributed by atoms with E-state index in [2.05, 4.69) is 15.1 Å². The molecule has 0 atom stereocenters. The summed E-state index contributed by atoms with van der Waals surface area (Å²) >= 11 is 1.38. The molecule has 4 rings (SSSR count). The van der Waals surface area contributed by atoms with Crippen LogP contribution in [-0.4, -0.2) is 49.6 Å². The van der Waals surface area contributed by atoms with Gasteiger partial charge in [-0.25, -0.2) is 9.78 Å². The first kappa shape index (κ1) is 22.9. The molecule has 0 unspecified atom stereocenters. The highest BCUT2D eigenvalue weighted by molar-refractivity contribution is 7.09. The third kappa shape index (κ3) is 5.75. The van der Waals surface area contributed by atoms with Gasteiger partial charge in [0.1, 0.15) is 13.2 Å². The predicted octanol–water partition coefficient (Wildman–Crippen LogP) is 3.52. The molecule has 4 heterocycles. The molecule has 0 radical (unpaired) electrons. The van der Waals surface area contributed by atoms with E-state index < -0.39 is 17.8 Å². The number of ether oxygens (including phenoxy) is 1. The zero-order valence-electron chi connectivity index (χ0n) is 17.4. The highest BCUT2D eigenvalue weighted by Crippen LogP contribution is 2.31. The molecule has 0 N–H and O–H groups in total. The summed E-state index contributed by atoms with van der Waals surface area (Å²) in [6, 6.07) is 4.37. The maximum Gasteiger partial charge on any atom is 0.435 e.